The second-order valence-corrected chi connectivity index (χ2v) is 5.40. The van der Waals surface area contributed by atoms with E-state index in [4.69, 9.17) is 0 Å². The molecule has 3 nitrogen and oxygen atoms in total. The molecule has 0 fully saturated rings. The molecular weight excluding hydrogens is 234 g/mol. The first-order chi connectivity index (χ1) is 9.06. The van der Waals surface area contributed by atoms with Gasteiger partial charge in [-0.3, -0.25) is 0 Å². The first-order valence-corrected chi connectivity index (χ1v) is 6.82. The topological polar surface area (TPSA) is 29.9 Å². The average molecular weight is 257 g/mol. The molecule has 0 saturated carbocycles. The molecular formula is C16H23N3. The first-order valence-electron chi connectivity index (χ1n) is 6.82. The highest BCUT2D eigenvalue weighted by molar-refractivity contribution is 5.36. The fourth-order valence-corrected chi connectivity index (χ4v) is 2.27. The highest BCUT2D eigenvalue weighted by Crippen LogP contribution is 2.15. The maximum absolute atomic E-state index is 4.06. The van der Waals surface area contributed by atoms with Crippen LogP contribution in [0.3, 0.4) is 0 Å². The van der Waals surface area contributed by atoms with Gasteiger partial charge in [-0.1, -0.05) is 12.1 Å². The molecule has 2 rings (SSSR count). The lowest BCUT2D eigenvalue weighted by Gasteiger charge is -2.16. The fourth-order valence-electron chi connectivity index (χ4n) is 2.27. The van der Waals surface area contributed by atoms with E-state index in [0.29, 0.717) is 6.04 Å². The summed E-state index contributed by atoms with van der Waals surface area (Å²) in [5.41, 5.74) is 5.49. The van der Waals surface area contributed by atoms with E-state index in [0.717, 1.165) is 13.1 Å². The Labute approximate surface area is 115 Å². The number of rotatable bonds is 5. The zero-order valence-corrected chi connectivity index (χ0v) is 12.3. The average Bonchev–Trinajstić information content (AvgIpc) is 2.85. The Balaban J connectivity index is 1.93. The summed E-state index contributed by atoms with van der Waals surface area (Å²) in [6.45, 7) is 10.6. The Morgan fingerprint density at radius 3 is 2.58 bits per heavy atom. The molecule has 1 aromatic carbocycles. The van der Waals surface area contributed by atoms with Crippen molar-refractivity contribution in [3.63, 3.8) is 0 Å². The quantitative estimate of drug-likeness (QED) is 0.892. The van der Waals surface area contributed by atoms with E-state index in [9.17, 15) is 0 Å². The Kier molecular flexibility index (Phi) is 4.38. The molecule has 0 saturated heterocycles. The van der Waals surface area contributed by atoms with Crippen molar-refractivity contribution in [2.24, 2.45) is 0 Å². The smallest absolute Gasteiger partial charge is 0.0946 e. The molecule has 2 aromatic rings. The largest absolute Gasteiger partial charge is 0.336 e. The van der Waals surface area contributed by atoms with Gasteiger partial charge in [0.15, 0.2) is 0 Å². The summed E-state index contributed by atoms with van der Waals surface area (Å²) in [4.78, 5) is 4.06. The van der Waals surface area contributed by atoms with Gasteiger partial charge in [0.1, 0.15) is 0 Å². The Morgan fingerprint density at radius 1 is 1.16 bits per heavy atom. The predicted molar refractivity (Wildman–Crippen MR) is 79.2 cm³/mol. The minimum atomic E-state index is 0.426. The van der Waals surface area contributed by atoms with E-state index in [1.54, 1.807) is 0 Å². The van der Waals surface area contributed by atoms with Crippen LogP contribution in [0.2, 0.25) is 0 Å². The minimum Gasteiger partial charge on any atom is -0.336 e. The lowest BCUT2D eigenvalue weighted by molar-refractivity contribution is 0.475. The standard InChI is InChI=1S/C16H23N3/c1-12-7-14(3)16(8-13(12)2)9-18-15(4)10-19-6-5-17-11-19/h5-8,11,15,18H,9-10H2,1-4H3. The van der Waals surface area contributed by atoms with Crippen LogP contribution in [0.5, 0.6) is 0 Å². The molecule has 1 aromatic heterocycles. The van der Waals surface area contributed by atoms with Crippen molar-refractivity contribution in [3.8, 4) is 0 Å². The molecule has 102 valence electrons. The van der Waals surface area contributed by atoms with Crippen molar-refractivity contribution in [1.29, 1.82) is 0 Å². The van der Waals surface area contributed by atoms with E-state index in [1.165, 1.54) is 22.3 Å². The molecule has 1 heterocycles. The van der Waals surface area contributed by atoms with Crippen LogP contribution >= 0.6 is 0 Å². The predicted octanol–water partition coefficient (Wildman–Crippen LogP) is 2.99. The van der Waals surface area contributed by atoms with Crippen molar-refractivity contribution >= 4 is 0 Å². The highest BCUT2D eigenvalue weighted by Gasteiger charge is 2.05. The summed E-state index contributed by atoms with van der Waals surface area (Å²) in [6, 6.07) is 4.99. The zero-order valence-electron chi connectivity index (χ0n) is 12.3. The maximum atomic E-state index is 4.06. The van der Waals surface area contributed by atoms with Crippen LogP contribution in [-0.4, -0.2) is 15.6 Å². The van der Waals surface area contributed by atoms with Gasteiger partial charge in [0.2, 0.25) is 0 Å². The molecule has 0 spiro atoms. The van der Waals surface area contributed by atoms with Crippen LogP contribution < -0.4 is 5.32 Å². The molecule has 0 aliphatic heterocycles. The van der Waals surface area contributed by atoms with Gasteiger partial charge in [0, 0.05) is 31.5 Å². The Hall–Kier alpha value is -1.61. The molecule has 1 atom stereocenters. The van der Waals surface area contributed by atoms with Gasteiger partial charge in [-0.15, -0.1) is 0 Å². The Morgan fingerprint density at radius 2 is 1.89 bits per heavy atom. The number of benzene rings is 1. The van der Waals surface area contributed by atoms with Gasteiger partial charge in [0.05, 0.1) is 6.33 Å². The SMILES string of the molecule is Cc1cc(C)c(CNC(C)Cn2ccnc2)cc1C. The number of aryl methyl sites for hydroxylation is 3. The maximum Gasteiger partial charge on any atom is 0.0946 e. The van der Waals surface area contributed by atoms with Crippen LogP contribution in [0, 0.1) is 20.8 Å². The summed E-state index contributed by atoms with van der Waals surface area (Å²) in [6.07, 6.45) is 5.68. The van der Waals surface area contributed by atoms with Crippen molar-refractivity contribution in [3.05, 3.63) is 53.1 Å². The third-order valence-electron chi connectivity index (χ3n) is 3.64. The molecule has 3 heteroatoms. The lowest BCUT2D eigenvalue weighted by Crippen LogP contribution is -2.29. The van der Waals surface area contributed by atoms with E-state index in [1.807, 2.05) is 18.7 Å². The molecule has 0 aliphatic carbocycles. The summed E-state index contributed by atoms with van der Waals surface area (Å²) in [5, 5.41) is 3.58. The van der Waals surface area contributed by atoms with Crippen molar-refractivity contribution in [2.75, 3.05) is 0 Å². The van der Waals surface area contributed by atoms with Crippen molar-refractivity contribution < 1.29 is 0 Å². The zero-order chi connectivity index (χ0) is 13.8. The fraction of sp³-hybridized carbons (Fsp3) is 0.438. The summed E-state index contributed by atoms with van der Waals surface area (Å²) >= 11 is 0. The highest BCUT2D eigenvalue weighted by atomic mass is 15.1. The summed E-state index contributed by atoms with van der Waals surface area (Å²) in [7, 11) is 0. The molecule has 1 N–H and O–H groups in total. The van der Waals surface area contributed by atoms with E-state index in [-0.39, 0.29) is 0 Å². The third kappa shape index (κ3) is 3.67. The first kappa shape index (κ1) is 13.8. The molecule has 0 radical (unpaired) electrons. The molecule has 19 heavy (non-hydrogen) atoms. The van der Waals surface area contributed by atoms with Crippen LogP contribution in [-0.2, 0) is 13.1 Å². The van der Waals surface area contributed by atoms with Gasteiger partial charge in [-0.25, -0.2) is 4.98 Å². The minimum absolute atomic E-state index is 0.426. The van der Waals surface area contributed by atoms with E-state index in [2.05, 4.69) is 54.7 Å². The van der Waals surface area contributed by atoms with E-state index >= 15 is 0 Å². The lowest BCUT2D eigenvalue weighted by atomic mass is 10.0. The number of nitrogens with zero attached hydrogens (tertiary/aromatic N) is 2. The summed E-state index contributed by atoms with van der Waals surface area (Å²) in [5.74, 6) is 0. The number of hydrogen-bond donors (Lipinski definition) is 1. The number of aromatic nitrogens is 2. The van der Waals surface area contributed by atoms with Crippen molar-refractivity contribution in [2.45, 2.75) is 46.8 Å². The van der Waals surface area contributed by atoms with Gasteiger partial charge in [-0.2, -0.15) is 0 Å². The normalized spacial score (nSPS) is 12.6. The third-order valence-corrected chi connectivity index (χ3v) is 3.64. The number of hydrogen-bond acceptors (Lipinski definition) is 2. The van der Waals surface area contributed by atoms with Crippen LogP contribution in [0.1, 0.15) is 29.2 Å². The molecule has 0 bridgehead atoms. The monoisotopic (exact) mass is 257 g/mol. The second-order valence-electron chi connectivity index (χ2n) is 5.40. The number of imidazole rings is 1. The molecule has 0 aliphatic rings. The van der Waals surface area contributed by atoms with Crippen LogP contribution in [0.25, 0.3) is 0 Å². The van der Waals surface area contributed by atoms with Crippen LogP contribution in [0.15, 0.2) is 30.9 Å². The van der Waals surface area contributed by atoms with Gasteiger partial charge >= 0.3 is 0 Å². The van der Waals surface area contributed by atoms with Gasteiger partial charge in [-0.05, 0) is 49.9 Å². The molecule has 0 amide bonds. The van der Waals surface area contributed by atoms with E-state index < -0.39 is 0 Å². The van der Waals surface area contributed by atoms with Gasteiger partial charge in [0.25, 0.3) is 0 Å². The second kappa shape index (κ2) is 6.02. The Bertz CT molecular complexity index is 529. The number of nitrogens with one attached hydrogen (secondary N) is 1. The van der Waals surface area contributed by atoms with Crippen molar-refractivity contribution in [1.82, 2.24) is 14.9 Å². The summed E-state index contributed by atoms with van der Waals surface area (Å²) < 4.78 is 2.10. The van der Waals surface area contributed by atoms with Crippen LogP contribution in [0.4, 0.5) is 0 Å². The van der Waals surface area contributed by atoms with Gasteiger partial charge < -0.3 is 9.88 Å². The molecule has 1 unspecified atom stereocenters.